The lowest BCUT2D eigenvalue weighted by Crippen LogP contribution is -2.49. The first-order valence-electron chi connectivity index (χ1n) is 11.7. The normalized spacial score (nSPS) is 21.6. The van der Waals surface area contributed by atoms with Gasteiger partial charge in [0, 0.05) is 38.6 Å². The van der Waals surface area contributed by atoms with Gasteiger partial charge in [-0.15, -0.1) is 0 Å². The number of benzene rings is 1. The molecule has 0 spiro atoms. The first-order chi connectivity index (χ1) is 15.6. The van der Waals surface area contributed by atoms with E-state index in [0.717, 1.165) is 63.7 Å². The van der Waals surface area contributed by atoms with Crippen molar-refractivity contribution >= 4 is 5.96 Å². The van der Waals surface area contributed by atoms with Gasteiger partial charge in [-0.1, -0.05) is 24.3 Å². The summed E-state index contributed by atoms with van der Waals surface area (Å²) in [6.07, 6.45) is 5.61. The van der Waals surface area contributed by atoms with Crippen LogP contribution in [-0.4, -0.2) is 73.5 Å². The predicted octanol–water partition coefficient (Wildman–Crippen LogP) is 2.00. The van der Waals surface area contributed by atoms with Gasteiger partial charge in [0.05, 0.1) is 31.6 Å². The van der Waals surface area contributed by atoms with Gasteiger partial charge in [0.15, 0.2) is 5.96 Å². The van der Waals surface area contributed by atoms with Crippen molar-refractivity contribution in [3.63, 3.8) is 0 Å². The van der Waals surface area contributed by atoms with Gasteiger partial charge in [-0.05, 0) is 49.4 Å². The monoisotopic (exact) mass is 440 g/mol. The summed E-state index contributed by atoms with van der Waals surface area (Å²) in [7, 11) is 0. The van der Waals surface area contributed by atoms with E-state index in [9.17, 15) is 5.11 Å². The fourth-order valence-electron chi connectivity index (χ4n) is 4.47. The number of β-amino-alcohol motifs (C(OH)–C–C–N with tert-alkyl or cyclic N) is 1. The van der Waals surface area contributed by atoms with Crippen molar-refractivity contribution in [2.75, 3.05) is 45.9 Å². The van der Waals surface area contributed by atoms with E-state index in [1.165, 1.54) is 11.1 Å². The standard InChI is InChI=1S/C25H36N4O3/c1-25(30,19-29-12-15-31-16-13-29)18-27-24(26-11-10-23-7-4-14-32-23)28-22-9-8-20-5-2-3-6-21(20)17-22/h2-7,14,22,30H,8-13,15-19H2,1H3,(H2,26,27,28). The molecule has 2 heterocycles. The summed E-state index contributed by atoms with van der Waals surface area (Å²) in [5, 5.41) is 18.0. The Morgan fingerprint density at radius 1 is 1.19 bits per heavy atom. The molecule has 2 aliphatic rings. The second kappa shape index (κ2) is 11.0. The van der Waals surface area contributed by atoms with Crippen LogP contribution < -0.4 is 10.6 Å². The summed E-state index contributed by atoms with van der Waals surface area (Å²) in [5.41, 5.74) is 1.96. The number of morpholine rings is 1. The van der Waals surface area contributed by atoms with E-state index >= 15 is 0 Å². The average Bonchev–Trinajstić information content (AvgIpc) is 3.31. The van der Waals surface area contributed by atoms with Gasteiger partial charge in [0.1, 0.15) is 5.76 Å². The lowest BCUT2D eigenvalue weighted by molar-refractivity contribution is -0.0180. The van der Waals surface area contributed by atoms with Crippen LogP contribution >= 0.6 is 0 Å². The van der Waals surface area contributed by atoms with E-state index in [1.807, 2.05) is 19.1 Å². The van der Waals surface area contributed by atoms with Crippen molar-refractivity contribution in [1.82, 2.24) is 15.5 Å². The molecule has 0 amide bonds. The maximum absolute atomic E-state index is 11.0. The molecule has 1 aromatic carbocycles. The highest BCUT2D eigenvalue weighted by atomic mass is 16.5. The third kappa shape index (κ3) is 6.82. The average molecular weight is 441 g/mol. The van der Waals surface area contributed by atoms with Gasteiger partial charge in [0.25, 0.3) is 0 Å². The van der Waals surface area contributed by atoms with Crippen molar-refractivity contribution in [2.24, 2.45) is 4.99 Å². The van der Waals surface area contributed by atoms with Crippen LogP contribution in [0.5, 0.6) is 0 Å². The Kier molecular flexibility index (Phi) is 7.84. The van der Waals surface area contributed by atoms with E-state index in [4.69, 9.17) is 14.1 Å². The third-order valence-corrected chi connectivity index (χ3v) is 6.18. The quantitative estimate of drug-likeness (QED) is 0.430. The molecule has 174 valence electrons. The van der Waals surface area contributed by atoms with Gasteiger partial charge in [-0.3, -0.25) is 9.89 Å². The van der Waals surface area contributed by atoms with E-state index in [-0.39, 0.29) is 0 Å². The molecule has 32 heavy (non-hydrogen) atoms. The van der Waals surface area contributed by atoms with Crippen LogP contribution in [0.3, 0.4) is 0 Å². The molecule has 7 nitrogen and oxygen atoms in total. The van der Waals surface area contributed by atoms with Crippen molar-refractivity contribution < 1.29 is 14.3 Å². The van der Waals surface area contributed by atoms with Gasteiger partial charge in [0.2, 0.25) is 0 Å². The second-order valence-electron chi connectivity index (χ2n) is 9.16. The molecular formula is C25H36N4O3. The minimum absolute atomic E-state index is 0.323. The SMILES string of the molecule is CC(O)(CN=C(NCCc1ccco1)NC1CCc2ccccc2C1)CN1CCOCC1. The number of hydrogen-bond acceptors (Lipinski definition) is 5. The highest BCUT2D eigenvalue weighted by Crippen LogP contribution is 2.21. The largest absolute Gasteiger partial charge is 0.469 e. The molecule has 0 radical (unpaired) electrons. The summed E-state index contributed by atoms with van der Waals surface area (Å²) in [5.74, 6) is 1.70. The predicted molar refractivity (Wildman–Crippen MR) is 126 cm³/mol. The summed E-state index contributed by atoms with van der Waals surface area (Å²) in [4.78, 5) is 7.03. The molecule has 4 rings (SSSR count). The van der Waals surface area contributed by atoms with Crippen molar-refractivity contribution in [1.29, 1.82) is 0 Å². The molecule has 2 atom stereocenters. The van der Waals surface area contributed by atoms with E-state index < -0.39 is 5.60 Å². The van der Waals surface area contributed by atoms with Crippen LogP contribution in [0.2, 0.25) is 0 Å². The topological polar surface area (TPSA) is 82.3 Å². The zero-order chi connectivity index (χ0) is 22.2. The fourth-order valence-corrected chi connectivity index (χ4v) is 4.47. The Hall–Kier alpha value is -2.35. The molecule has 1 saturated heterocycles. The highest BCUT2D eigenvalue weighted by Gasteiger charge is 2.26. The molecule has 0 bridgehead atoms. The first-order valence-corrected chi connectivity index (χ1v) is 11.7. The van der Waals surface area contributed by atoms with Gasteiger partial charge in [-0.2, -0.15) is 0 Å². The van der Waals surface area contributed by atoms with Crippen LogP contribution in [0.15, 0.2) is 52.1 Å². The molecule has 1 aliphatic carbocycles. The minimum Gasteiger partial charge on any atom is -0.469 e. The Balaban J connectivity index is 1.37. The van der Waals surface area contributed by atoms with Gasteiger partial charge in [-0.25, -0.2) is 0 Å². The molecule has 0 saturated carbocycles. The summed E-state index contributed by atoms with van der Waals surface area (Å²) in [6.45, 7) is 6.67. The fraction of sp³-hybridized carbons (Fsp3) is 0.560. The number of nitrogens with one attached hydrogen (secondary N) is 2. The van der Waals surface area contributed by atoms with E-state index in [2.05, 4.69) is 39.8 Å². The number of hydrogen-bond donors (Lipinski definition) is 3. The van der Waals surface area contributed by atoms with Gasteiger partial charge < -0.3 is 24.9 Å². The van der Waals surface area contributed by atoms with Crippen LogP contribution in [0.25, 0.3) is 0 Å². The Labute approximate surface area is 190 Å². The zero-order valence-electron chi connectivity index (χ0n) is 19.1. The number of aryl methyl sites for hydroxylation is 1. The van der Waals surface area contributed by atoms with Crippen LogP contribution in [-0.2, 0) is 24.0 Å². The minimum atomic E-state index is -0.897. The molecule has 1 fully saturated rings. The summed E-state index contributed by atoms with van der Waals surface area (Å²) < 4.78 is 10.9. The molecule has 2 unspecified atom stereocenters. The van der Waals surface area contributed by atoms with Crippen molar-refractivity contribution in [3.05, 3.63) is 59.5 Å². The second-order valence-corrected chi connectivity index (χ2v) is 9.16. The molecular weight excluding hydrogens is 404 g/mol. The van der Waals surface area contributed by atoms with Crippen molar-refractivity contribution in [2.45, 2.75) is 44.2 Å². The Bertz CT molecular complexity index is 860. The summed E-state index contributed by atoms with van der Waals surface area (Å²) >= 11 is 0. The number of aliphatic imine (C=N–C) groups is 1. The third-order valence-electron chi connectivity index (χ3n) is 6.18. The van der Waals surface area contributed by atoms with E-state index in [0.29, 0.717) is 25.7 Å². The molecule has 1 aliphatic heterocycles. The maximum atomic E-state index is 11.0. The lowest BCUT2D eigenvalue weighted by Gasteiger charge is -2.33. The molecule has 7 heteroatoms. The van der Waals surface area contributed by atoms with Gasteiger partial charge >= 0.3 is 0 Å². The Morgan fingerprint density at radius 2 is 2.00 bits per heavy atom. The molecule has 3 N–H and O–H groups in total. The number of fused-ring (bicyclic) bond motifs is 1. The number of rotatable bonds is 8. The number of guanidine groups is 1. The number of aliphatic hydroxyl groups is 1. The number of ether oxygens (including phenoxy) is 1. The van der Waals surface area contributed by atoms with E-state index in [1.54, 1.807) is 6.26 Å². The smallest absolute Gasteiger partial charge is 0.191 e. The zero-order valence-corrected chi connectivity index (χ0v) is 19.1. The highest BCUT2D eigenvalue weighted by molar-refractivity contribution is 5.80. The lowest BCUT2D eigenvalue weighted by atomic mass is 9.88. The first kappa shape index (κ1) is 22.8. The van der Waals surface area contributed by atoms with Crippen LogP contribution in [0.4, 0.5) is 0 Å². The van der Waals surface area contributed by atoms with Crippen molar-refractivity contribution in [3.8, 4) is 0 Å². The maximum Gasteiger partial charge on any atom is 0.191 e. The number of nitrogens with zero attached hydrogens (tertiary/aromatic N) is 2. The summed E-state index contributed by atoms with van der Waals surface area (Å²) in [6, 6.07) is 12.9. The Morgan fingerprint density at radius 3 is 2.78 bits per heavy atom. The molecule has 1 aromatic heterocycles. The van der Waals surface area contributed by atoms with Crippen LogP contribution in [0.1, 0.15) is 30.2 Å². The molecule has 2 aromatic rings. The van der Waals surface area contributed by atoms with Crippen LogP contribution in [0, 0.1) is 0 Å². The number of furan rings is 1.